The van der Waals surface area contributed by atoms with Gasteiger partial charge >= 0.3 is 0 Å². The van der Waals surface area contributed by atoms with Crippen LogP contribution in [0.2, 0.25) is 0 Å². The monoisotopic (exact) mass is 192 g/mol. The second-order valence-corrected chi connectivity index (χ2v) is 2.93. The van der Waals surface area contributed by atoms with Crippen molar-refractivity contribution >= 4 is 0 Å². The quantitative estimate of drug-likeness (QED) is 0.740. The summed E-state index contributed by atoms with van der Waals surface area (Å²) < 4.78 is 12.6. The summed E-state index contributed by atoms with van der Waals surface area (Å²) in [4.78, 5) is 3.97. The molecule has 0 amide bonds. The molecule has 0 aliphatic heterocycles. The largest absolute Gasteiger partial charge is 0.298 e. The Morgan fingerprint density at radius 1 is 1.57 bits per heavy atom. The lowest BCUT2D eigenvalue weighted by molar-refractivity contribution is 0.588. The first-order valence-corrected chi connectivity index (χ1v) is 4.48. The molecule has 1 rings (SSSR count). The lowest BCUT2D eigenvalue weighted by atomic mass is 10.2. The maximum absolute atomic E-state index is 12.6. The Bertz CT molecular complexity index is 335. The SMILES string of the molecule is CC#CCNC(C)c1ccc(F)cn1. The van der Waals surface area contributed by atoms with Crippen LogP contribution < -0.4 is 5.32 Å². The van der Waals surface area contributed by atoms with Crippen molar-refractivity contribution in [2.45, 2.75) is 19.9 Å². The first kappa shape index (κ1) is 10.7. The first-order valence-electron chi connectivity index (χ1n) is 4.48. The maximum atomic E-state index is 12.6. The summed E-state index contributed by atoms with van der Waals surface area (Å²) in [7, 11) is 0. The van der Waals surface area contributed by atoms with Gasteiger partial charge in [-0.1, -0.05) is 5.92 Å². The zero-order chi connectivity index (χ0) is 10.4. The zero-order valence-electron chi connectivity index (χ0n) is 8.34. The minimum atomic E-state index is -0.311. The van der Waals surface area contributed by atoms with Crippen LogP contribution in [0, 0.1) is 17.7 Å². The molecule has 1 unspecified atom stereocenters. The molecular formula is C11H13FN2. The molecular weight excluding hydrogens is 179 g/mol. The van der Waals surface area contributed by atoms with Crippen molar-refractivity contribution in [2.24, 2.45) is 0 Å². The molecule has 1 heterocycles. The van der Waals surface area contributed by atoms with E-state index >= 15 is 0 Å². The van der Waals surface area contributed by atoms with E-state index in [1.807, 2.05) is 6.92 Å². The van der Waals surface area contributed by atoms with Gasteiger partial charge in [0.2, 0.25) is 0 Å². The van der Waals surface area contributed by atoms with Gasteiger partial charge < -0.3 is 0 Å². The number of nitrogens with one attached hydrogen (secondary N) is 1. The van der Waals surface area contributed by atoms with E-state index in [-0.39, 0.29) is 11.9 Å². The summed E-state index contributed by atoms with van der Waals surface area (Å²) >= 11 is 0. The topological polar surface area (TPSA) is 24.9 Å². The second kappa shape index (κ2) is 5.36. The number of halogens is 1. The van der Waals surface area contributed by atoms with Gasteiger partial charge in [0, 0.05) is 6.04 Å². The molecule has 1 aromatic rings. The van der Waals surface area contributed by atoms with E-state index in [4.69, 9.17) is 0 Å². The molecule has 0 spiro atoms. The van der Waals surface area contributed by atoms with Crippen molar-refractivity contribution in [1.82, 2.24) is 10.3 Å². The Labute approximate surface area is 83.6 Å². The lowest BCUT2D eigenvalue weighted by Gasteiger charge is -2.10. The summed E-state index contributed by atoms with van der Waals surface area (Å²) in [6, 6.07) is 3.18. The van der Waals surface area contributed by atoms with Gasteiger partial charge in [0.15, 0.2) is 0 Å². The summed E-state index contributed by atoms with van der Waals surface area (Å²) in [5.74, 6) is 5.38. The Hall–Kier alpha value is -1.40. The number of hydrogen-bond acceptors (Lipinski definition) is 2. The molecule has 0 aliphatic carbocycles. The smallest absolute Gasteiger partial charge is 0.141 e. The van der Waals surface area contributed by atoms with Crippen LogP contribution in [-0.4, -0.2) is 11.5 Å². The van der Waals surface area contributed by atoms with Crippen molar-refractivity contribution in [1.29, 1.82) is 0 Å². The first-order chi connectivity index (χ1) is 6.74. The number of pyridine rings is 1. The van der Waals surface area contributed by atoms with Crippen LogP contribution in [0.15, 0.2) is 18.3 Å². The van der Waals surface area contributed by atoms with Crippen molar-refractivity contribution < 1.29 is 4.39 Å². The van der Waals surface area contributed by atoms with Crippen molar-refractivity contribution in [2.75, 3.05) is 6.54 Å². The van der Waals surface area contributed by atoms with E-state index in [1.54, 1.807) is 13.0 Å². The van der Waals surface area contributed by atoms with Crippen LogP contribution in [0.5, 0.6) is 0 Å². The molecule has 1 atom stereocenters. The Morgan fingerprint density at radius 2 is 2.36 bits per heavy atom. The van der Waals surface area contributed by atoms with Gasteiger partial charge in [-0.2, -0.15) is 0 Å². The van der Waals surface area contributed by atoms with Crippen LogP contribution in [0.3, 0.4) is 0 Å². The minimum Gasteiger partial charge on any atom is -0.298 e. The van der Waals surface area contributed by atoms with Gasteiger partial charge in [0.05, 0.1) is 18.4 Å². The molecule has 0 saturated carbocycles. The predicted molar refractivity (Wildman–Crippen MR) is 54.1 cm³/mol. The Morgan fingerprint density at radius 3 is 2.93 bits per heavy atom. The fraction of sp³-hybridized carbons (Fsp3) is 0.364. The van der Waals surface area contributed by atoms with E-state index in [2.05, 4.69) is 22.1 Å². The maximum Gasteiger partial charge on any atom is 0.141 e. The lowest BCUT2D eigenvalue weighted by Crippen LogP contribution is -2.19. The minimum absolute atomic E-state index is 0.0939. The zero-order valence-corrected chi connectivity index (χ0v) is 8.34. The van der Waals surface area contributed by atoms with Crippen LogP contribution in [0.25, 0.3) is 0 Å². The van der Waals surface area contributed by atoms with Gasteiger partial charge in [-0.15, -0.1) is 5.92 Å². The highest BCUT2D eigenvalue weighted by Gasteiger charge is 2.04. The highest BCUT2D eigenvalue weighted by Crippen LogP contribution is 2.08. The molecule has 2 nitrogen and oxygen atoms in total. The number of nitrogens with zero attached hydrogens (tertiary/aromatic N) is 1. The van der Waals surface area contributed by atoms with Crippen LogP contribution in [-0.2, 0) is 0 Å². The molecule has 0 aromatic carbocycles. The van der Waals surface area contributed by atoms with Gasteiger partial charge in [-0.25, -0.2) is 4.39 Å². The fourth-order valence-corrected chi connectivity index (χ4v) is 1.04. The molecule has 3 heteroatoms. The molecule has 14 heavy (non-hydrogen) atoms. The average molecular weight is 192 g/mol. The van der Waals surface area contributed by atoms with E-state index in [9.17, 15) is 4.39 Å². The van der Waals surface area contributed by atoms with E-state index in [0.717, 1.165) is 5.69 Å². The number of aromatic nitrogens is 1. The summed E-state index contributed by atoms with van der Waals surface area (Å²) in [5, 5.41) is 3.16. The summed E-state index contributed by atoms with van der Waals surface area (Å²) in [6.45, 7) is 4.39. The molecule has 0 saturated heterocycles. The normalized spacial score (nSPS) is 11.6. The average Bonchev–Trinajstić information content (AvgIpc) is 2.19. The highest BCUT2D eigenvalue weighted by molar-refractivity contribution is 5.09. The predicted octanol–water partition coefficient (Wildman–Crippen LogP) is 1.89. The van der Waals surface area contributed by atoms with Crippen molar-refractivity contribution in [3.05, 3.63) is 29.8 Å². The van der Waals surface area contributed by atoms with Gasteiger partial charge in [-0.05, 0) is 26.0 Å². The third kappa shape index (κ3) is 3.15. The summed E-state index contributed by atoms with van der Waals surface area (Å²) in [5.41, 5.74) is 0.823. The number of hydrogen-bond donors (Lipinski definition) is 1. The van der Waals surface area contributed by atoms with Crippen LogP contribution >= 0.6 is 0 Å². The van der Waals surface area contributed by atoms with Crippen molar-refractivity contribution in [3.63, 3.8) is 0 Å². The molecule has 1 aromatic heterocycles. The third-order valence-corrected chi connectivity index (χ3v) is 1.87. The van der Waals surface area contributed by atoms with Crippen LogP contribution in [0.1, 0.15) is 25.6 Å². The Balaban J connectivity index is 2.54. The number of rotatable bonds is 3. The van der Waals surface area contributed by atoms with E-state index in [0.29, 0.717) is 6.54 Å². The van der Waals surface area contributed by atoms with Crippen molar-refractivity contribution in [3.8, 4) is 11.8 Å². The van der Waals surface area contributed by atoms with Gasteiger partial charge in [0.25, 0.3) is 0 Å². The molecule has 1 N–H and O–H groups in total. The molecule has 0 aliphatic rings. The highest BCUT2D eigenvalue weighted by atomic mass is 19.1. The van der Waals surface area contributed by atoms with E-state index in [1.165, 1.54) is 12.3 Å². The molecule has 74 valence electrons. The standard InChI is InChI=1S/C11H13FN2/c1-3-4-7-13-9(2)11-6-5-10(12)8-14-11/h5-6,8-9,13H,7H2,1-2H3. The molecule has 0 fully saturated rings. The second-order valence-electron chi connectivity index (χ2n) is 2.93. The van der Waals surface area contributed by atoms with E-state index < -0.39 is 0 Å². The molecule has 0 radical (unpaired) electrons. The van der Waals surface area contributed by atoms with Crippen LogP contribution in [0.4, 0.5) is 4.39 Å². The van der Waals surface area contributed by atoms with Gasteiger partial charge in [0.1, 0.15) is 5.82 Å². The summed E-state index contributed by atoms with van der Waals surface area (Å²) in [6.07, 6.45) is 1.22. The fourth-order valence-electron chi connectivity index (χ4n) is 1.04. The van der Waals surface area contributed by atoms with Gasteiger partial charge in [-0.3, -0.25) is 10.3 Å². The molecule has 0 bridgehead atoms. The third-order valence-electron chi connectivity index (χ3n) is 1.87. The Kier molecular flexibility index (Phi) is 4.09.